The molecule has 8 rings (SSSR count). The summed E-state index contributed by atoms with van der Waals surface area (Å²) in [6.07, 6.45) is 7.95. The van der Waals surface area contributed by atoms with Gasteiger partial charge in [-0.2, -0.15) is 0 Å². The van der Waals surface area contributed by atoms with Crippen molar-refractivity contribution in [1.82, 2.24) is 39.5 Å². The number of aromatic nitrogens is 4. The van der Waals surface area contributed by atoms with Crippen LogP contribution in [0.3, 0.4) is 0 Å². The Morgan fingerprint density at radius 1 is 0.347 bits per heavy atom. The van der Waals surface area contributed by atoms with Crippen LogP contribution >= 0.6 is 0 Å². The van der Waals surface area contributed by atoms with Crippen LogP contribution in [0.1, 0.15) is 105 Å². The highest BCUT2D eigenvalue weighted by molar-refractivity contribution is 6.36. The lowest BCUT2D eigenvalue weighted by molar-refractivity contribution is -0.123. The fraction of sp³-hybridized carbons (Fsp3) is 0.308. The van der Waals surface area contributed by atoms with Crippen molar-refractivity contribution in [3.63, 3.8) is 0 Å². The molecule has 20 nitrogen and oxygen atoms in total. The Hall–Kier alpha value is -8.68. The van der Waals surface area contributed by atoms with E-state index in [0.717, 1.165) is 19.6 Å². The van der Waals surface area contributed by atoms with E-state index < -0.39 is 70.4 Å². The summed E-state index contributed by atoms with van der Waals surface area (Å²) in [5.74, 6) is -3.21. The minimum atomic E-state index is -0.956. The van der Waals surface area contributed by atoms with E-state index in [9.17, 15) is 38.4 Å². The van der Waals surface area contributed by atoms with Crippen LogP contribution in [0.5, 0.6) is 0 Å². The van der Waals surface area contributed by atoms with Crippen LogP contribution in [0.2, 0.25) is 0 Å². The predicted molar refractivity (Wildman–Crippen MR) is 257 cm³/mol. The minimum Gasteiger partial charge on any atom is -0.443 e. The number of hydrogen-bond acceptors (Lipinski definition) is 16. The van der Waals surface area contributed by atoms with Crippen LogP contribution in [0.25, 0.3) is 22.8 Å². The molecule has 372 valence electrons. The summed E-state index contributed by atoms with van der Waals surface area (Å²) in [5, 5.41) is 0. The first-order valence-corrected chi connectivity index (χ1v) is 22.5. The number of carbonyl (C=O) groups is 8. The largest absolute Gasteiger partial charge is 0.443 e. The molecule has 8 heterocycles. The quantitative estimate of drug-likeness (QED) is 0.175. The maximum Gasteiger partial charge on any atom is 0.422 e. The van der Waals surface area contributed by atoms with Crippen molar-refractivity contribution in [3.05, 3.63) is 143 Å². The second kappa shape index (κ2) is 18.9. The number of ether oxygens (including phenoxy) is 4. The Labute approximate surface area is 414 Å². The fourth-order valence-electron chi connectivity index (χ4n) is 7.65. The van der Waals surface area contributed by atoms with Gasteiger partial charge in [0.25, 0.3) is 23.6 Å². The SMILES string of the molecule is CC(C)(C)OC(=O)N1C(=O)C2=C(c3cccnc3)N(C(=O)OC(C)(C)C)C(=O)C2=C1c1cccnc1.CC(C)(C)OC(=O)N1C(=O)C2=C(c3ccncc3)N(C(=O)OC(C)(C)C)C(=O)C2=C1c1ccncc1. The maximum absolute atomic E-state index is 13.8. The molecular formula is C52H52N8O12. The molecule has 4 aliphatic heterocycles. The van der Waals surface area contributed by atoms with Crippen molar-refractivity contribution in [3.8, 4) is 0 Å². The normalized spacial score (nSPS) is 16.1. The molecule has 0 spiro atoms. The smallest absolute Gasteiger partial charge is 0.422 e. The topological polar surface area (TPSA) is 238 Å². The van der Waals surface area contributed by atoms with E-state index in [1.807, 2.05) is 0 Å². The van der Waals surface area contributed by atoms with E-state index >= 15 is 0 Å². The van der Waals surface area contributed by atoms with E-state index in [4.69, 9.17) is 18.9 Å². The van der Waals surface area contributed by atoms with Crippen LogP contribution in [0.4, 0.5) is 19.2 Å². The maximum atomic E-state index is 13.8. The summed E-state index contributed by atoms with van der Waals surface area (Å²) in [5.41, 5.74) is -2.69. The van der Waals surface area contributed by atoms with Gasteiger partial charge in [0.15, 0.2) is 0 Å². The van der Waals surface area contributed by atoms with E-state index in [-0.39, 0.29) is 45.1 Å². The van der Waals surface area contributed by atoms with Crippen molar-refractivity contribution in [1.29, 1.82) is 0 Å². The standard InChI is InChI=1S/2C26H26N4O6/c1-25(2,3)35-23(33)29-19(15-7-11-27-12-8-15)17-18(21(29)31)20(16-9-13-28-14-10-16)30(22(17)32)24(34)36-26(4,5)6;1-25(2,3)35-23(33)29-19(15-9-7-11-27-13-15)17-18(21(29)31)20(16-10-8-12-28-14-16)30(22(17)32)24(34)36-26(4,5)6/h2*7-14H,1-6H3. The molecule has 20 heteroatoms. The van der Waals surface area contributed by atoms with Crippen molar-refractivity contribution >= 4 is 70.8 Å². The van der Waals surface area contributed by atoms with Gasteiger partial charge in [0.1, 0.15) is 22.4 Å². The van der Waals surface area contributed by atoms with Gasteiger partial charge in [0.05, 0.1) is 45.1 Å². The molecule has 72 heavy (non-hydrogen) atoms. The lowest BCUT2D eigenvalue weighted by atomic mass is 10.0. The minimum absolute atomic E-state index is 0.00858. The number of pyridine rings is 4. The third-order valence-corrected chi connectivity index (χ3v) is 10.1. The Balaban J connectivity index is 0.000000211. The third kappa shape index (κ3) is 10.3. The summed E-state index contributed by atoms with van der Waals surface area (Å²) in [4.78, 5) is 128. The highest BCUT2D eigenvalue weighted by Gasteiger charge is 2.56. The average molecular weight is 981 g/mol. The molecule has 0 saturated heterocycles. The summed E-state index contributed by atoms with van der Waals surface area (Å²) in [6, 6.07) is 12.7. The molecule has 0 atom stereocenters. The number of nitrogens with zero attached hydrogens (tertiary/aromatic N) is 8. The number of carbonyl (C=O) groups excluding carboxylic acids is 8. The monoisotopic (exact) mass is 980 g/mol. The van der Waals surface area contributed by atoms with Crippen molar-refractivity contribution in [2.24, 2.45) is 0 Å². The first-order chi connectivity index (χ1) is 33.6. The molecule has 4 aromatic rings. The fourth-order valence-corrected chi connectivity index (χ4v) is 7.65. The molecule has 0 fully saturated rings. The zero-order valence-electron chi connectivity index (χ0n) is 41.7. The van der Waals surface area contributed by atoms with Gasteiger partial charge in [0, 0.05) is 71.8 Å². The highest BCUT2D eigenvalue weighted by Crippen LogP contribution is 2.49. The molecule has 0 bridgehead atoms. The highest BCUT2D eigenvalue weighted by atomic mass is 16.6. The predicted octanol–water partition coefficient (Wildman–Crippen LogP) is 8.31. The molecule has 8 amide bonds. The molecular weight excluding hydrogens is 929 g/mol. The Kier molecular flexibility index (Phi) is 13.4. The number of amides is 8. The van der Waals surface area contributed by atoms with Crippen LogP contribution < -0.4 is 0 Å². The molecule has 0 saturated carbocycles. The molecule has 0 aromatic carbocycles. The summed E-state index contributed by atoms with van der Waals surface area (Å²) in [7, 11) is 0. The first kappa shape index (κ1) is 51.2. The van der Waals surface area contributed by atoms with Crippen LogP contribution in [-0.4, -0.2) is 110 Å². The second-order valence-electron chi connectivity index (χ2n) is 20.3. The van der Waals surface area contributed by atoms with E-state index in [2.05, 4.69) is 19.9 Å². The number of imide groups is 4. The first-order valence-electron chi connectivity index (χ1n) is 22.5. The van der Waals surface area contributed by atoms with Gasteiger partial charge < -0.3 is 18.9 Å². The molecule has 0 radical (unpaired) electrons. The molecule has 0 N–H and O–H groups in total. The number of hydrogen-bond donors (Lipinski definition) is 0. The van der Waals surface area contributed by atoms with Crippen molar-refractivity contribution in [2.45, 2.75) is 105 Å². The lowest BCUT2D eigenvalue weighted by Gasteiger charge is -2.27. The number of fused-ring (bicyclic) bond motifs is 2. The molecule has 0 aliphatic carbocycles. The van der Waals surface area contributed by atoms with E-state index in [1.165, 1.54) is 49.6 Å². The Morgan fingerprint density at radius 3 is 0.792 bits per heavy atom. The molecule has 4 aromatic heterocycles. The van der Waals surface area contributed by atoms with Crippen LogP contribution in [0.15, 0.2) is 120 Å². The average Bonchev–Trinajstić information content (AvgIpc) is 3.97. The van der Waals surface area contributed by atoms with Gasteiger partial charge in [-0.1, -0.05) is 0 Å². The van der Waals surface area contributed by atoms with Gasteiger partial charge in [-0.3, -0.25) is 39.1 Å². The van der Waals surface area contributed by atoms with E-state index in [0.29, 0.717) is 22.3 Å². The molecule has 0 unspecified atom stereocenters. The van der Waals surface area contributed by atoms with Crippen LogP contribution in [0, 0.1) is 0 Å². The van der Waals surface area contributed by atoms with Crippen LogP contribution in [-0.2, 0) is 38.1 Å². The Bertz CT molecular complexity index is 2640. The van der Waals surface area contributed by atoms with Gasteiger partial charge in [-0.25, -0.2) is 38.8 Å². The number of rotatable bonds is 4. The summed E-state index contributed by atoms with van der Waals surface area (Å²) < 4.78 is 22.0. The lowest BCUT2D eigenvalue weighted by Crippen LogP contribution is -2.40. The van der Waals surface area contributed by atoms with Gasteiger partial charge in [0.2, 0.25) is 0 Å². The zero-order chi connectivity index (χ0) is 52.8. The third-order valence-electron chi connectivity index (χ3n) is 10.1. The van der Waals surface area contributed by atoms with E-state index in [1.54, 1.807) is 132 Å². The second-order valence-corrected chi connectivity index (χ2v) is 20.3. The zero-order valence-corrected chi connectivity index (χ0v) is 41.7. The summed E-state index contributed by atoms with van der Waals surface area (Å²) in [6.45, 7) is 20.0. The van der Waals surface area contributed by atoms with Gasteiger partial charge >= 0.3 is 24.4 Å². The van der Waals surface area contributed by atoms with Crippen molar-refractivity contribution < 1.29 is 57.3 Å². The van der Waals surface area contributed by atoms with Gasteiger partial charge in [-0.05, 0) is 132 Å². The summed E-state index contributed by atoms with van der Waals surface area (Å²) >= 11 is 0. The molecule has 4 aliphatic rings. The van der Waals surface area contributed by atoms with Crippen molar-refractivity contribution in [2.75, 3.05) is 0 Å². The Morgan fingerprint density at radius 2 is 0.583 bits per heavy atom. The van der Waals surface area contributed by atoms with Gasteiger partial charge in [-0.15, -0.1) is 0 Å².